The SMILES string of the molecule is CC(O)C1(O)C2OC2C2(C#N)OC21. The number of hydrogen-bond acceptors (Lipinski definition) is 5. The lowest BCUT2D eigenvalue weighted by Gasteiger charge is -2.25. The minimum atomic E-state index is -1.39. The third kappa shape index (κ3) is 0.577. The lowest BCUT2D eigenvalue weighted by Crippen LogP contribution is -2.49. The molecule has 2 N–H and O–H groups in total. The van der Waals surface area contributed by atoms with Gasteiger partial charge in [0, 0.05) is 0 Å². The van der Waals surface area contributed by atoms with E-state index in [1.165, 1.54) is 6.92 Å². The van der Waals surface area contributed by atoms with Crippen molar-refractivity contribution in [3.8, 4) is 6.07 Å². The Labute approximate surface area is 74.5 Å². The van der Waals surface area contributed by atoms with Crippen LogP contribution in [-0.2, 0) is 9.47 Å². The van der Waals surface area contributed by atoms with Gasteiger partial charge in [0.15, 0.2) is 0 Å². The molecule has 5 nitrogen and oxygen atoms in total. The molecule has 0 aromatic rings. The van der Waals surface area contributed by atoms with Gasteiger partial charge in [-0.2, -0.15) is 5.26 Å². The third-order valence-electron chi connectivity index (χ3n) is 3.28. The van der Waals surface area contributed by atoms with E-state index in [1.807, 2.05) is 6.07 Å². The lowest BCUT2D eigenvalue weighted by molar-refractivity contribution is -0.0980. The van der Waals surface area contributed by atoms with Crippen molar-refractivity contribution in [3.05, 3.63) is 0 Å². The summed E-state index contributed by atoms with van der Waals surface area (Å²) in [5.74, 6) is 0. The highest BCUT2D eigenvalue weighted by Crippen LogP contribution is 2.65. The number of aliphatic hydroxyl groups excluding tert-OH is 1. The van der Waals surface area contributed by atoms with Crippen LogP contribution in [0.1, 0.15) is 6.92 Å². The van der Waals surface area contributed by atoms with Gasteiger partial charge in [0.1, 0.15) is 30.0 Å². The Morgan fingerprint density at radius 2 is 2.23 bits per heavy atom. The van der Waals surface area contributed by atoms with Crippen molar-refractivity contribution in [2.24, 2.45) is 0 Å². The highest BCUT2D eigenvalue weighted by molar-refractivity contribution is 5.42. The minimum Gasteiger partial charge on any atom is -0.390 e. The van der Waals surface area contributed by atoms with Gasteiger partial charge in [0.25, 0.3) is 0 Å². The molecular formula is C8H9NO4. The zero-order valence-electron chi connectivity index (χ0n) is 6.97. The molecule has 6 unspecified atom stereocenters. The monoisotopic (exact) mass is 183 g/mol. The Kier molecular flexibility index (Phi) is 1.03. The number of fused-ring (bicyclic) bond motifs is 3. The van der Waals surface area contributed by atoms with E-state index in [9.17, 15) is 10.2 Å². The summed E-state index contributed by atoms with van der Waals surface area (Å²) >= 11 is 0. The summed E-state index contributed by atoms with van der Waals surface area (Å²) in [4.78, 5) is 0. The van der Waals surface area contributed by atoms with Crippen molar-refractivity contribution >= 4 is 0 Å². The van der Waals surface area contributed by atoms with E-state index in [2.05, 4.69) is 0 Å². The topological polar surface area (TPSA) is 89.3 Å². The van der Waals surface area contributed by atoms with Crippen LogP contribution in [0.15, 0.2) is 0 Å². The number of nitrogens with zero attached hydrogens (tertiary/aromatic N) is 1. The van der Waals surface area contributed by atoms with Crippen LogP contribution in [0.5, 0.6) is 0 Å². The maximum atomic E-state index is 10.0. The predicted octanol–water partition coefficient (Wildman–Crippen LogP) is -1.46. The van der Waals surface area contributed by atoms with Crippen LogP contribution in [0.4, 0.5) is 0 Å². The number of hydrogen-bond donors (Lipinski definition) is 2. The van der Waals surface area contributed by atoms with Crippen molar-refractivity contribution < 1.29 is 19.7 Å². The average molecular weight is 183 g/mol. The fourth-order valence-corrected chi connectivity index (χ4v) is 2.36. The van der Waals surface area contributed by atoms with Crippen molar-refractivity contribution in [2.75, 3.05) is 0 Å². The Hall–Kier alpha value is -0.670. The van der Waals surface area contributed by atoms with E-state index in [-0.39, 0.29) is 6.10 Å². The summed E-state index contributed by atoms with van der Waals surface area (Å²) in [5, 5.41) is 28.3. The number of nitriles is 1. The van der Waals surface area contributed by atoms with E-state index in [0.717, 1.165) is 0 Å². The van der Waals surface area contributed by atoms with Crippen LogP contribution in [0.2, 0.25) is 0 Å². The molecule has 0 aromatic heterocycles. The molecule has 3 aliphatic rings. The first kappa shape index (κ1) is 7.71. The van der Waals surface area contributed by atoms with Gasteiger partial charge in [-0.25, -0.2) is 0 Å². The molecule has 0 amide bonds. The number of rotatable bonds is 1. The molecule has 1 saturated carbocycles. The van der Waals surface area contributed by atoms with E-state index in [4.69, 9.17) is 14.7 Å². The van der Waals surface area contributed by atoms with Crippen LogP contribution >= 0.6 is 0 Å². The Morgan fingerprint density at radius 1 is 1.54 bits per heavy atom. The second-order valence-electron chi connectivity index (χ2n) is 3.94. The highest BCUT2D eigenvalue weighted by Gasteiger charge is 2.89. The van der Waals surface area contributed by atoms with Gasteiger partial charge in [-0.3, -0.25) is 0 Å². The molecule has 2 aliphatic heterocycles. The van der Waals surface area contributed by atoms with Crippen molar-refractivity contribution in [2.45, 2.75) is 42.5 Å². The maximum Gasteiger partial charge on any atom is 0.212 e. The summed E-state index contributed by atoms with van der Waals surface area (Å²) < 4.78 is 10.2. The van der Waals surface area contributed by atoms with Gasteiger partial charge in [-0.15, -0.1) is 0 Å². The molecule has 3 fully saturated rings. The zero-order chi connectivity index (χ0) is 9.43. The Balaban J connectivity index is 2.01. The molecule has 2 heterocycles. The molecule has 13 heavy (non-hydrogen) atoms. The van der Waals surface area contributed by atoms with E-state index < -0.39 is 29.5 Å². The first-order valence-corrected chi connectivity index (χ1v) is 4.22. The molecular weight excluding hydrogens is 174 g/mol. The van der Waals surface area contributed by atoms with Crippen LogP contribution in [0.3, 0.4) is 0 Å². The van der Waals surface area contributed by atoms with Gasteiger partial charge in [-0.05, 0) is 6.92 Å². The molecule has 0 aromatic carbocycles. The average Bonchev–Trinajstić information content (AvgIpc) is 2.95. The first-order chi connectivity index (χ1) is 6.07. The zero-order valence-corrected chi connectivity index (χ0v) is 6.97. The lowest BCUT2D eigenvalue weighted by atomic mass is 9.93. The molecule has 0 spiro atoms. The Morgan fingerprint density at radius 3 is 2.62 bits per heavy atom. The fourth-order valence-electron chi connectivity index (χ4n) is 2.36. The summed E-state index contributed by atoms with van der Waals surface area (Å²) in [7, 11) is 0. The molecule has 6 atom stereocenters. The normalized spacial score (nSPS) is 63.4. The van der Waals surface area contributed by atoms with Crippen LogP contribution in [-0.4, -0.2) is 45.8 Å². The first-order valence-electron chi connectivity index (χ1n) is 4.22. The molecule has 0 radical (unpaired) electrons. The number of aliphatic hydroxyl groups is 2. The largest absolute Gasteiger partial charge is 0.390 e. The fraction of sp³-hybridized carbons (Fsp3) is 0.875. The Bertz CT molecular complexity index is 325. The maximum absolute atomic E-state index is 10.0. The van der Waals surface area contributed by atoms with Gasteiger partial charge < -0.3 is 19.7 Å². The molecule has 70 valence electrons. The van der Waals surface area contributed by atoms with Gasteiger partial charge in [-0.1, -0.05) is 0 Å². The predicted molar refractivity (Wildman–Crippen MR) is 38.5 cm³/mol. The van der Waals surface area contributed by atoms with E-state index in [0.29, 0.717) is 0 Å². The second-order valence-corrected chi connectivity index (χ2v) is 3.94. The number of epoxide rings is 2. The third-order valence-corrected chi connectivity index (χ3v) is 3.28. The smallest absolute Gasteiger partial charge is 0.212 e. The minimum absolute atomic E-state index is 0.345. The standard InChI is InChI=1S/C8H9NO4/c1-3(10)8(11)5-4(12-5)7(2-9)6(8)13-7/h3-6,10-11H,1H3. The summed E-state index contributed by atoms with van der Waals surface area (Å²) in [6, 6.07) is 2.00. The van der Waals surface area contributed by atoms with Crippen LogP contribution in [0, 0.1) is 11.3 Å². The van der Waals surface area contributed by atoms with Gasteiger partial charge >= 0.3 is 0 Å². The molecule has 1 aliphatic carbocycles. The summed E-state index contributed by atoms with van der Waals surface area (Å²) in [5.41, 5.74) is -2.36. The summed E-state index contributed by atoms with van der Waals surface area (Å²) in [6.45, 7) is 1.48. The van der Waals surface area contributed by atoms with Crippen LogP contribution in [0.25, 0.3) is 0 Å². The van der Waals surface area contributed by atoms with E-state index >= 15 is 0 Å². The summed E-state index contributed by atoms with van der Waals surface area (Å²) in [6.07, 6.45) is -2.29. The molecule has 5 heteroatoms. The second kappa shape index (κ2) is 1.74. The van der Waals surface area contributed by atoms with Gasteiger partial charge in [0.05, 0.1) is 6.10 Å². The highest BCUT2D eigenvalue weighted by atomic mass is 16.7. The number of ether oxygens (including phenoxy) is 2. The van der Waals surface area contributed by atoms with E-state index in [1.54, 1.807) is 0 Å². The quantitative estimate of drug-likeness (QED) is 0.485. The molecule has 3 rings (SSSR count). The van der Waals surface area contributed by atoms with Crippen molar-refractivity contribution in [1.29, 1.82) is 5.26 Å². The van der Waals surface area contributed by atoms with Crippen molar-refractivity contribution in [3.63, 3.8) is 0 Å². The van der Waals surface area contributed by atoms with Gasteiger partial charge in [0.2, 0.25) is 5.60 Å². The molecule has 0 bridgehead atoms. The van der Waals surface area contributed by atoms with Crippen molar-refractivity contribution in [1.82, 2.24) is 0 Å². The molecule has 2 saturated heterocycles. The van der Waals surface area contributed by atoms with Crippen LogP contribution < -0.4 is 0 Å².